The average molecular weight is 541 g/mol. The number of carbonyl (C=O) groups is 1. The number of halogens is 1. The quantitative estimate of drug-likeness (QED) is 0.438. The van der Waals surface area contributed by atoms with E-state index in [1.165, 1.54) is 11.3 Å². The molecule has 2 heterocycles. The lowest BCUT2D eigenvalue weighted by atomic mass is 9.95. The Bertz CT molecular complexity index is 1450. The molecule has 1 atom stereocenters. The van der Waals surface area contributed by atoms with Gasteiger partial charge in [0.05, 0.1) is 35.1 Å². The van der Waals surface area contributed by atoms with Gasteiger partial charge in [-0.25, -0.2) is 9.79 Å². The van der Waals surface area contributed by atoms with Crippen molar-refractivity contribution in [1.82, 2.24) is 4.57 Å². The summed E-state index contributed by atoms with van der Waals surface area (Å²) in [6, 6.07) is 12.9. The van der Waals surface area contributed by atoms with Gasteiger partial charge in [-0.3, -0.25) is 9.36 Å². The second-order valence-electron chi connectivity index (χ2n) is 7.83. The first-order valence-electron chi connectivity index (χ1n) is 11.0. The lowest BCUT2D eigenvalue weighted by molar-refractivity contribution is -0.139. The molecular formula is C26H25BrN2O4S. The third kappa shape index (κ3) is 4.65. The topological polar surface area (TPSA) is 69.9 Å². The van der Waals surface area contributed by atoms with E-state index in [9.17, 15) is 9.59 Å². The number of rotatable bonds is 6. The number of fused-ring (bicyclic) bond motifs is 1. The molecule has 1 aliphatic rings. The first-order valence-corrected chi connectivity index (χ1v) is 12.6. The Hall–Kier alpha value is -2.97. The zero-order chi connectivity index (χ0) is 24.4. The molecular weight excluding hydrogens is 516 g/mol. The van der Waals surface area contributed by atoms with E-state index in [1.807, 2.05) is 62.4 Å². The molecule has 2 aromatic carbocycles. The molecule has 0 radical (unpaired) electrons. The normalized spacial score (nSPS) is 15.7. The van der Waals surface area contributed by atoms with Crippen LogP contribution < -0.4 is 19.6 Å². The summed E-state index contributed by atoms with van der Waals surface area (Å²) >= 11 is 4.79. The molecule has 0 fully saturated rings. The SMILES string of the molecule is CCOC(=O)C1=C(C)N=c2s/c(=C/c3cc(Br)ccc3OCC)c(=O)n2[C@H]1c1ccc(C)cc1. The molecule has 1 aromatic heterocycles. The molecule has 1 aliphatic heterocycles. The van der Waals surface area contributed by atoms with E-state index < -0.39 is 12.0 Å². The van der Waals surface area contributed by atoms with E-state index in [2.05, 4.69) is 20.9 Å². The molecule has 176 valence electrons. The van der Waals surface area contributed by atoms with Crippen LogP contribution in [0.2, 0.25) is 0 Å². The van der Waals surface area contributed by atoms with Crippen molar-refractivity contribution in [3.05, 3.63) is 94.6 Å². The number of ether oxygens (including phenoxy) is 2. The first-order chi connectivity index (χ1) is 16.3. The molecule has 34 heavy (non-hydrogen) atoms. The Balaban J connectivity index is 1.96. The van der Waals surface area contributed by atoms with E-state index >= 15 is 0 Å². The van der Waals surface area contributed by atoms with Gasteiger partial charge in [0.15, 0.2) is 4.80 Å². The van der Waals surface area contributed by atoms with Crippen molar-refractivity contribution in [1.29, 1.82) is 0 Å². The van der Waals surface area contributed by atoms with E-state index in [4.69, 9.17) is 9.47 Å². The molecule has 0 aliphatic carbocycles. The number of carbonyl (C=O) groups excluding carboxylic acids is 1. The third-order valence-electron chi connectivity index (χ3n) is 5.47. The van der Waals surface area contributed by atoms with Crippen LogP contribution in [0.4, 0.5) is 0 Å². The minimum Gasteiger partial charge on any atom is -0.493 e. The molecule has 4 rings (SSSR count). The van der Waals surface area contributed by atoms with Crippen LogP contribution in [0.5, 0.6) is 5.75 Å². The lowest BCUT2D eigenvalue weighted by Crippen LogP contribution is -2.39. The number of nitrogens with zero attached hydrogens (tertiary/aromatic N) is 2. The summed E-state index contributed by atoms with van der Waals surface area (Å²) in [5.41, 5.74) is 3.41. The summed E-state index contributed by atoms with van der Waals surface area (Å²) in [5, 5.41) is 0. The summed E-state index contributed by atoms with van der Waals surface area (Å²) in [5.74, 6) is 0.226. The standard InChI is InChI=1S/C26H25BrN2O4S/c1-5-32-20-12-11-19(27)13-18(20)14-21-24(30)29-23(17-9-7-15(3)8-10-17)22(25(31)33-6-2)16(4)28-26(29)34-21/h7-14,23H,5-6H2,1-4H3/b21-14+/t23-/m0/s1. The summed E-state index contributed by atoms with van der Waals surface area (Å²) in [4.78, 5) is 31.8. The summed E-state index contributed by atoms with van der Waals surface area (Å²) in [7, 11) is 0. The van der Waals surface area contributed by atoms with Gasteiger partial charge in [-0.05, 0) is 57.5 Å². The Kier molecular flexibility index (Phi) is 7.19. The van der Waals surface area contributed by atoms with Crippen LogP contribution in [0.15, 0.2) is 68.0 Å². The maximum Gasteiger partial charge on any atom is 0.338 e. The third-order valence-corrected chi connectivity index (χ3v) is 6.94. The van der Waals surface area contributed by atoms with Crippen molar-refractivity contribution in [3.8, 4) is 5.75 Å². The van der Waals surface area contributed by atoms with E-state index in [-0.39, 0.29) is 12.2 Å². The Labute approximate surface area is 210 Å². The van der Waals surface area contributed by atoms with E-state index in [0.717, 1.165) is 21.2 Å². The Morgan fingerprint density at radius 2 is 1.88 bits per heavy atom. The number of allylic oxidation sites excluding steroid dienone is 1. The van der Waals surface area contributed by atoms with Gasteiger partial charge in [0.25, 0.3) is 5.56 Å². The summed E-state index contributed by atoms with van der Waals surface area (Å²) < 4.78 is 14.1. The van der Waals surface area contributed by atoms with Crippen LogP contribution in [-0.2, 0) is 9.53 Å². The minimum absolute atomic E-state index is 0.217. The highest BCUT2D eigenvalue weighted by Crippen LogP contribution is 2.31. The predicted molar refractivity (Wildman–Crippen MR) is 137 cm³/mol. The number of aromatic nitrogens is 1. The maximum absolute atomic E-state index is 13.7. The highest BCUT2D eigenvalue weighted by Gasteiger charge is 2.33. The molecule has 0 unspecified atom stereocenters. The van der Waals surface area contributed by atoms with Crippen LogP contribution in [0.25, 0.3) is 6.08 Å². The number of aryl methyl sites for hydroxylation is 1. The molecule has 3 aromatic rings. The van der Waals surface area contributed by atoms with Crippen LogP contribution in [0.3, 0.4) is 0 Å². The minimum atomic E-state index is -0.619. The van der Waals surface area contributed by atoms with Crippen molar-refractivity contribution >= 4 is 39.3 Å². The molecule has 6 nitrogen and oxygen atoms in total. The van der Waals surface area contributed by atoms with Gasteiger partial charge >= 0.3 is 5.97 Å². The van der Waals surface area contributed by atoms with Crippen LogP contribution in [-0.4, -0.2) is 23.8 Å². The van der Waals surface area contributed by atoms with E-state index in [1.54, 1.807) is 18.4 Å². The fourth-order valence-corrected chi connectivity index (χ4v) is 5.33. The van der Waals surface area contributed by atoms with Gasteiger partial charge in [-0.15, -0.1) is 0 Å². The van der Waals surface area contributed by atoms with Crippen molar-refractivity contribution in [2.45, 2.75) is 33.7 Å². The van der Waals surface area contributed by atoms with Gasteiger partial charge in [-0.2, -0.15) is 0 Å². The smallest absolute Gasteiger partial charge is 0.338 e. The molecule has 0 amide bonds. The van der Waals surface area contributed by atoms with Gasteiger partial charge in [0.2, 0.25) is 0 Å². The molecule has 0 saturated heterocycles. The van der Waals surface area contributed by atoms with Gasteiger partial charge in [0.1, 0.15) is 5.75 Å². The average Bonchev–Trinajstić information content (AvgIpc) is 3.10. The van der Waals surface area contributed by atoms with Crippen molar-refractivity contribution in [2.75, 3.05) is 13.2 Å². The predicted octanol–water partition coefficient (Wildman–Crippen LogP) is 4.27. The number of benzene rings is 2. The largest absolute Gasteiger partial charge is 0.493 e. The maximum atomic E-state index is 13.7. The summed E-state index contributed by atoms with van der Waals surface area (Å²) in [6.45, 7) is 8.21. The van der Waals surface area contributed by atoms with Crippen LogP contribution in [0, 0.1) is 6.92 Å². The van der Waals surface area contributed by atoms with Crippen LogP contribution in [0.1, 0.15) is 43.5 Å². The molecule has 0 saturated carbocycles. The highest BCUT2D eigenvalue weighted by atomic mass is 79.9. The van der Waals surface area contributed by atoms with E-state index in [0.29, 0.717) is 33.0 Å². The van der Waals surface area contributed by atoms with Gasteiger partial charge < -0.3 is 9.47 Å². The summed E-state index contributed by atoms with van der Waals surface area (Å²) in [6.07, 6.45) is 1.81. The Morgan fingerprint density at radius 3 is 2.56 bits per heavy atom. The zero-order valence-corrected chi connectivity index (χ0v) is 21.8. The second-order valence-corrected chi connectivity index (χ2v) is 9.75. The Morgan fingerprint density at radius 1 is 1.15 bits per heavy atom. The van der Waals surface area contributed by atoms with Gasteiger partial charge in [-0.1, -0.05) is 57.1 Å². The lowest BCUT2D eigenvalue weighted by Gasteiger charge is -2.24. The fraction of sp³-hybridized carbons (Fsp3) is 0.269. The second kappa shape index (κ2) is 10.1. The van der Waals surface area contributed by atoms with Crippen molar-refractivity contribution in [3.63, 3.8) is 0 Å². The van der Waals surface area contributed by atoms with Crippen molar-refractivity contribution in [2.24, 2.45) is 4.99 Å². The first kappa shape index (κ1) is 24.2. The number of thiazole rings is 1. The monoisotopic (exact) mass is 540 g/mol. The van der Waals surface area contributed by atoms with Gasteiger partial charge in [0, 0.05) is 10.0 Å². The zero-order valence-electron chi connectivity index (χ0n) is 19.4. The highest BCUT2D eigenvalue weighted by molar-refractivity contribution is 9.10. The van der Waals surface area contributed by atoms with Crippen LogP contribution >= 0.6 is 27.3 Å². The van der Waals surface area contributed by atoms with Crippen molar-refractivity contribution < 1.29 is 14.3 Å². The number of hydrogen-bond donors (Lipinski definition) is 0. The molecule has 0 spiro atoms. The number of hydrogen-bond acceptors (Lipinski definition) is 6. The molecule has 8 heteroatoms. The molecule has 0 N–H and O–H groups in total. The molecule has 0 bridgehead atoms. The number of esters is 1. The fourth-order valence-electron chi connectivity index (χ4n) is 3.92.